The lowest BCUT2D eigenvalue weighted by atomic mass is 10.1. The Kier molecular flexibility index (Phi) is 7.74. The van der Waals surface area contributed by atoms with Gasteiger partial charge in [-0.15, -0.1) is 0 Å². The number of rotatable bonds is 9. The Morgan fingerprint density at radius 3 is 2.47 bits per heavy atom. The summed E-state index contributed by atoms with van der Waals surface area (Å²) in [7, 11) is -2.59. The summed E-state index contributed by atoms with van der Waals surface area (Å²) < 4.78 is 33.5. The molecule has 0 spiro atoms. The number of hydrogen-bond donors (Lipinski definition) is 3. The van der Waals surface area contributed by atoms with Crippen molar-refractivity contribution in [2.45, 2.75) is 17.9 Å². The number of carbonyl (C=O) groups is 1. The van der Waals surface area contributed by atoms with Gasteiger partial charge >= 0.3 is 0 Å². The first-order valence-electron chi connectivity index (χ1n) is 9.77. The van der Waals surface area contributed by atoms with Crippen LogP contribution in [0.25, 0.3) is 0 Å². The van der Waals surface area contributed by atoms with Crippen molar-refractivity contribution in [3.8, 4) is 11.5 Å². The molecule has 0 radical (unpaired) electrons. The number of methoxy groups -OCH3 is 1. The quantitative estimate of drug-likeness (QED) is 0.440. The van der Waals surface area contributed by atoms with Crippen molar-refractivity contribution < 1.29 is 23.1 Å². The molecule has 32 heavy (non-hydrogen) atoms. The number of hydrogen-bond acceptors (Lipinski definition) is 5. The monoisotopic (exact) mass is 474 g/mol. The fraction of sp³-hybridized carbons (Fsp3) is 0.174. The molecule has 0 fully saturated rings. The zero-order valence-electron chi connectivity index (χ0n) is 17.3. The number of phenols is 1. The van der Waals surface area contributed by atoms with Crippen LogP contribution in [0.5, 0.6) is 11.5 Å². The highest BCUT2D eigenvalue weighted by molar-refractivity contribution is 7.89. The van der Waals surface area contributed by atoms with E-state index in [0.717, 1.165) is 11.1 Å². The Morgan fingerprint density at radius 1 is 1.03 bits per heavy atom. The molecular formula is C23H23ClN2O5S. The van der Waals surface area contributed by atoms with E-state index in [9.17, 15) is 18.3 Å². The van der Waals surface area contributed by atoms with Crippen LogP contribution in [0, 0.1) is 0 Å². The van der Waals surface area contributed by atoms with Crippen molar-refractivity contribution in [1.29, 1.82) is 0 Å². The van der Waals surface area contributed by atoms with E-state index in [2.05, 4.69) is 10.0 Å². The largest absolute Gasteiger partial charge is 0.508 e. The Bertz CT molecular complexity index is 1200. The molecule has 9 heteroatoms. The summed E-state index contributed by atoms with van der Waals surface area (Å²) in [5.41, 5.74) is 1.79. The van der Waals surface area contributed by atoms with Gasteiger partial charge in [0.25, 0.3) is 5.91 Å². The SMILES string of the molecule is COc1ccc(C(=O)NCCc2cccc(O)c2)cc1S(=O)(=O)NCc1ccc(Cl)cc1. The Balaban J connectivity index is 1.70. The molecule has 0 aliphatic rings. The second-order valence-electron chi connectivity index (χ2n) is 6.99. The highest BCUT2D eigenvalue weighted by Crippen LogP contribution is 2.25. The predicted molar refractivity (Wildman–Crippen MR) is 123 cm³/mol. The molecule has 3 rings (SSSR count). The first-order valence-corrected chi connectivity index (χ1v) is 11.6. The van der Waals surface area contributed by atoms with Gasteiger partial charge in [0.15, 0.2) is 0 Å². The van der Waals surface area contributed by atoms with Gasteiger partial charge in [-0.3, -0.25) is 4.79 Å². The lowest BCUT2D eigenvalue weighted by molar-refractivity contribution is 0.0954. The molecule has 7 nitrogen and oxygen atoms in total. The van der Waals surface area contributed by atoms with Gasteiger partial charge < -0.3 is 15.2 Å². The minimum Gasteiger partial charge on any atom is -0.508 e. The molecule has 0 bridgehead atoms. The van der Waals surface area contributed by atoms with E-state index in [4.69, 9.17) is 16.3 Å². The molecule has 0 unspecified atom stereocenters. The number of phenolic OH excluding ortho intramolecular Hbond substituents is 1. The molecule has 3 aromatic carbocycles. The van der Waals surface area contributed by atoms with Crippen LogP contribution in [0.1, 0.15) is 21.5 Å². The molecule has 3 aromatic rings. The highest BCUT2D eigenvalue weighted by Gasteiger charge is 2.21. The van der Waals surface area contributed by atoms with E-state index in [1.807, 2.05) is 6.07 Å². The molecule has 168 valence electrons. The minimum absolute atomic E-state index is 0.0585. The average Bonchev–Trinajstić information content (AvgIpc) is 2.78. The lowest BCUT2D eigenvalue weighted by Gasteiger charge is -2.13. The van der Waals surface area contributed by atoms with Crippen LogP contribution in [-0.2, 0) is 23.0 Å². The smallest absolute Gasteiger partial charge is 0.251 e. The van der Waals surface area contributed by atoms with Crippen molar-refractivity contribution >= 4 is 27.5 Å². The molecule has 0 heterocycles. The summed E-state index contributed by atoms with van der Waals surface area (Å²) in [5, 5.41) is 12.8. The van der Waals surface area contributed by atoms with Crippen molar-refractivity contribution in [1.82, 2.24) is 10.0 Å². The number of ether oxygens (including phenoxy) is 1. The third kappa shape index (κ3) is 6.23. The maximum absolute atomic E-state index is 12.9. The maximum Gasteiger partial charge on any atom is 0.251 e. The minimum atomic E-state index is -3.95. The molecule has 0 saturated heterocycles. The molecule has 1 amide bonds. The number of carbonyl (C=O) groups excluding carboxylic acids is 1. The third-order valence-electron chi connectivity index (χ3n) is 4.70. The van der Waals surface area contributed by atoms with Crippen LogP contribution in [0.4, 0.5) is 0 Å². The van der Waals surface area contributed by atoms with Crippen LogP contribution in [0.3, 0.4) is 0 Å². The number of nitrogens with one attached hydrogen (secondary N) is 2. The fourth-order valence-electron chi connectivity index (χ4n) is 3.02. The normalized spacial score (nSPS) is 11.2. The molecule has 0 aromatic heterocycles. The van der Waals surface area contributed by atoms with E-state index in [1.54, 1.807) is 42.5 Å². The van der Waals surface area contributed by atoms with Crippen LogP contribution in [0.15, 0.2) is 71.6 Å². The average molecular weight is 475 g/mol. The topological polar surface area (TPSA) is 105 Å². The number of amides is 1. The molecule has 3 N–H and O–H groups in total. The van der Waals surface area contributed by atoms with Gasteiger partial charge in [0.05, 0.1) is 7.11 Å². The molecule has 0 aliphatic heterocycles. The summed E-state index contributed by atoms with van der Waals surface area (Å²) in [4.78, 5) is 12.4. The maximum atomic E-state index is 12.9. The Labute approximate surface area is 192 Å². The molecule has 0 saturated carbocycles. The van der Waals surface area contributed by atoms with Crippen molar-refractivity contribution in [2.75, 3.05) is 13.7 Å². The summed E-state index contributed by atoms with van der Waals surface area (Å²) in [6, 6.07) is 17.8. The van der Waals surface area contributed by atoms with Crippen molar-refractivity contribution in [3.63, 3.8) is 0 Å². The van der Waals surface area contributed by atoms with Gasteiger partial charge in [-0.1, -0.05) is 35.9 Å². The van der Waals surface area contributed by atoms with Crippen molar-refractivity contribution in [2.24, 2.45) is 0 Å². The zero-order valence-corrected chi connectivity index (χ0v) is 18.9. The second-order valence-corrected chi connectivity index (χ2v) is 9.16. The zero-order chi connectivity index (χ0) is 23.1. The first-order chi connectivity index (χ1) is 15.3. The van der Waals surface area contributed by atoms with Crippen LogP contribution < -0.4 is 14.8 Å². The first kappa shape index (κ1) is 23.6. The van der Waals surface area contributed by atoms with E-state index in [-0.39, 0.29) is 28.5 Å². The predicted octanol–water partition coefficient (Wildman–Crippen LogP) is 3.51. The molecule has 0 aliphatic carbocycles. The van der Waals surface area contributed by atoms with Gasteiger partial charge in [0.1, 0.15) is 16.4 Å². The van der Waals surface area contributed by atoms with E-state index in [0.29, 0.717) is 18.0 Å². The fourth-order valence-corrected chi connectivity index (χ4v) is 4.36. The standard InChI is InChI=1S/C23H23ClN2O5S/c1-31-21-10-7-18(23(28)25-12-11-16-3-2-4-20(27)13-16)14-22(21)32(29,30)26-15-17-5-8-19(24)9-6-17/h2-10,13-14,26-27H,11-12,15H2,1H3,(H,25,28). The van der Waals surface area contributed by atoms with E-state index < -0.39 is 15.9 Å². The van der Waals surface area contributed by atoms with Gasteiger partial charge in [-0.05, 0) is 60.0 Å². The molecular weight excluding hydrogens is 452 g/mol. The number of benzene rings is 3. The summed E-state index contributed by atoms with van der Waals surface area (Å²) in [5.74, 6) is -0.128. The lowest BCUT2D eigenvalue weighted by Crippen LogP contribution is -2.27. The molecule has 0 atom stereocenters. The Morgan fingerprint density at radius 2 is 1.78 bits per heavy atom. The van der Waals surface area contributed by atoms with E-state index >= 15 is 0 Å². The van der Waals surface area contributed by atoms with Gasteiger partial charge in [0, 0.05) is 23.7 Å². The van der Waals surface area contributed by atoms with Gasteiger partial charge in [-0.2, -0.15) is 0 Å². The summed E-state index contributed by atoms with van der Waals surface area (Å²) in [6.45, 7) is 0.383. The number of aromatic hydroxyl groups is 1. The second kappa shape index (κ2) is 10.5. The van der Waals surface area contributed by atoms with E-state index in [1.165, 1.54) is 25.3 Å². The summed E-state index contributed by atoms with van der Waals surface area (Å²) >= 11 is 5.86. The Hall–Kier alpha value is -3.07. The number of sulfonamides is 1. The van der Waals surface area contributed by atoms with Gasteiger partial charge in [0.2, 0.25) is 10.0 Å². The van der Waals surface area contributed by atoms with Crippen LogP contribution >= 0.6 is 11.6 Å². The third-order valence-corrected chi connectivity index (χ3v) is 6.38. The van der Waals surface area contributed by atoms with Crippen LogP contribution in [-0.4, -0.2) is 33.1 Å². The number of halogens is 1. The highest BCUT2D eigenvalue weighted by atomic mass is 35.5. The van der Waals surface area contributed by atoms with Crippen LogP contribution in [0.2, 0.25) is 5.02 Å². The van der Waals surface area contributed by atoms with Crippen molar-refractivity contribution in [3.05, 3.63) is 88.4 Å². The van der Waals surface area contributed by atoms with Gasteiger partial charge in [-0.25, -0.2) is 13.1 Å². The summed E-state index contributed by atoms with van der Waals surface area (Å²) in [6.07, 6.45) is 0.518.